The summed E-state index contributed by atoms with van der Waals surface area (Å²) in [4.78, 5) is 19.6. The highest BCUT2D eigenvalue weighted by molar-refractivity contribution is 5.81. The lowest BCUT2D eigenvalue weighted by Gasteiger charge is -2.32. The molecule has 0 fully saturated rings. The fraction of sp³-hybridized carbons (Fsp3) is 0.714. The third-order valence-electron chi connectivity index (χ3n) is 10.5. The van der Waals surface area contributed by atoms with Gasteiger partial charge in [0.05, 0.1) is 13.2 Å². The largest absolute Gasteiger partial charge is 0.481 e. The van der Waals surface area contributed by atoms with Gasteiger partial charge in [-0.1, -0.05) is 153 Å². The van der Waals surface area contributed by atoms with Gasteiger partial charge in [0.1, 0.15) is 5.41 Å². The molecule has 1 heterocycles. The molecule has 0 aromatic carbocycles. The van der Waals surface area contributed by atoms with Crippen LogP contribution in [0.15, 0.2) is 60.7 Å². The third kappa shape index (κ3) is 26.6. The molecule has 6 nitrogen and oxygen atoms in total. The summed E-state index contributed by atoms with van der Waals surface area (Å²) < 4.78 is 12.3. The van der Waals surface area contributed by atoms with Gasteiger partial charge in [-0.3, -0.25) is 4.79 Å². The van der Waals surface area contributed by atoms with E-state index in [-0.39, 0.29) is 0 Å². The van der Waals surface area contributed by atoms with Gasteiger partial charge >= 0.3 is 5.97 Å². The summed E-state index contributed by atoms with van der Waals surface area (Å²) >= 11 is 0. The van der Waals surface area contributed by atoms with Crippen LogP contribution in [0.3, 0.4) is 0 Å². The van der Waals surface area contributed by atoms with E-state index in [0.29, 0.717) is 37.1 Å². The molecule has 0 spiro atoms. The molecule has 0 saturated heterocycles. The molecule has 1 N–H and O–H groups in total. The Hall–Kier alpha value is -2.86. The Bertz CT molecular complexity index is 1100. The Morgan fingerprint density at radius 2 is 0.945 bits per heavy atom. The number of hydrogen-bond acceptors (Lipinski definition) is 5. The van der Waals surface area contributed by atoms with Crippen molar-refractivity contribution in [3.05, 3.63) is 66.3 Å². The van der Waals surface area contributed by atoms with Crippen LogP contribution >= 0.6 is 0 Å². The monoisotopic (exact) mass is 765 g/mol. The van der Waals surface area contributed by atoms with E-state index < -0.39 is 11.4 Å². The molecular formula is C49H84N2O4. The molecule has 0 aliphatic heterocycles. The molecule has 1 aromatic heterocycles. The lowest BCUT2D eigenvalue weighted by atomic mass is 9.82. The highest BCUT2D eigenvalue weighted by atomic mass is 16.5. The number of pyridine rings is 1. The van der Waals surface area contributed by atoms with Gasteiger partial charge in [0.25, 0.3) is 0 Å². The topological polar surface area (TPSA) is 71.9 Å². The molecule has 1 atom stereocenters. The van der Waals surface area contributed by atoms with Gasteiger partial charge in [0.15, 0.2) is 0 Å². The van der Waals surface area contributed by atoms with Crippen LogP contribution in [0, 0.1) is 0 Å². The summed E-state index contributed by atoms with van der Waals surface area (Å²) in [5.41, 5.74) is -0.424. The van der Waals surface area contributed by atoms with Gasteiger partial charge in [-0.15, -0.1) is 0 Å². The quantitative estimate of drug-likeness (QED) is 0.0534. The molecule has 0 amide bonds. The first-order chi connectivity index (χ1) is 26.9. The number of unbranched alkanes of at least 4 members (excludes halogenated alkanes) is 18. The van der Waals surface area contributed by atoms with Gasteiger partial charge < -0.3 is 19.5 Å². The van der Waals surface area contributed by atoms with Gasteiger partial charge in [-0.2, -0.15) is 4.98 Å². The fourth-order valence-corrected chi connectivity index (χ4v) is 6.66. The highest BCUT2D eigenvalue weighted by Crippen LogP contribution is 2.31. The predicted molar refractivity (Wildman–Crippen MR) is 237 cm³/mol. The SMILES string of the molecule is CCCCC/C=C\C/C=C\CCCCCCCCOc1cc(C(C)(CN(CC)CC)C(=O)O)cc(OCCCCCCCC/C=C\C/C=C\CCCCC)n1. The molecule has 1 aromatic rings. The summed E-state index contributed by atoms with van der Waals surface area (Å²) in [6, 6.07) is 3.64. The molecule has 1 rings (SSSR count). The second-order valence-electron chi connectivity index (χ2n) is 15.5. The van der Waals surface area contributed by atoms with Crippen molar-refractivity contribution in [2.24, 2.45) is 0 Å². The van der Waals surface area contributed by atoms with Crippen molar-refractivity contribution in [2.75, 3.05) is 32.8 Å². The number of carbonyl (C=O) groups is 1. The van der Waals surface area contributed by atoms with Gasteiger partial charge in [-0.05, 0) is 103 Å². The van der Waals surface area contributed by atoms with E-state index in [1.807, 2.05) is 12.1 Å². The highest BCUT2D eigenvalue weighted by Gasteiger charge is 2.38. The van der Waals surface area contributed by atoms with Crippen LogP contribution in [0.4, 0.5) is 0 Å². The second kappa shape index (κ2) is 35.5. The number of nitrogens with zero attached hydrogens (tertiary/aromatic N) is 2. The van der Waals surface area contributed by atoms with Crippen molar-refractivity contribution in [2.45, 2.75) is 194 Å². The van der Waals surface area contributed by atoms with E-state index in [1.165, 1.54) is 116 Å². The summed E-state index contributed by atoms with van der Waals surface area (Å²) in [6.45, 7) is 13.6. The van der Waals surface area contributed by atoms with Crippen LogP contribution in [-0.2, 0) is 10.2 Å². The summed E-state index contributed by atoms with van der Waals surface area (Å²) in [7, 11) is 0. The summed E-state index contributed by atoms with van der Waals surface area (Å²) in [5.74, 6) is 0.0658. The predicted octanol–water partition coefficient (Wildman–Crippen LogP) is 14.2. The molecule has 1 unspecified atom stereocenters. The Morgan fingerprint density at radius 1 is 0.582 bits per heavy atom. The average molecular weight is 765 g/mol. The Morgan fingerprint density at radius 3 is 1.31 bits per heavy atom. The molecule has 0 saturated carbocycles. The number of ether oxygens (including phenoxy) is 2. The number of carboxylic acid groups (broad SMARTS) is 1. The Labute approximate surface area is 339 Å². The maximum absolute atomic E-state index is 12.7. The smallest absolute Gasteiger partial charge is 0.315 e. The van der Waals surface area contributed by atoms with Gasteiger partial charge in [0, 0.05) is 18.7 Å². The standard InChI is InChI=1S/C49H84N2O4/c1-6-10-12-14-16-18-20-22-24-26-28-30-32-34-36-38-40-54-46-42-45(49(5,48(52)53)44-51(8-3)9-4)43-47(50-46)55-41-39-37-35-33-31-29-27-25-23-21-19-17-15-13-11-7-2/h16-19,22-25,42-43H,6-15,20-21,26-41,44H2,1-5H3,(H,52,53)/b18-16-,19-17-,24-22-,25-23-. The maximum Gasteiger partial charge on any atom is 0.315 e. The Kier molecular flexibility index (Phi) is 32.4. The van der Waals surface area contributed by atoms with Crippen molar-refractivity contribution in [3.63, 3.8) is 0 Å². The summed E-state index contributed by atoms with van der Waals surface area (Å²) in [6.07, 6.45) is 47.3. The molecule has 0 radical (unpaired) electrons. The zero-order valence-electron chi connectivity index (χ0n) is 36.3. The third-order valence-corrected chi connectivity index (χ3v) is 10.5. The van der Waals surface area contributed by atoms with Crippen LogP contribution in [0.2, 0.25) is 0 Å². The number of carboxylic acids is 1. The fourth-order valence-electron chi connectivity index (χ4n) is 6.66. The van der Waals surface area contributed by atoms with E-state index >= 15 is 0 Å². The minimum atomic E-state index is -1.11. The number of aromatic nitrogens is 1. The van der Waals surface area contributed by atoms with E-state index in [4.69, 9.17) is 9.47 Å². The van der Waals surface area contributed by atoms with Crippen molar-refractivity contribution in [3.8, 4) is 11.8 Å². The van der Waals surface area contributed by atoms with Crippen LogP contribution in [-0.4, -0.2) is 53.8 Å². The lowest BCUT2D eigenvalue weighted by Crippen LogP contribution is -2.44. The van der Waals surface area contributed by atoms with Crippen LogP contribution < -0.4 is 9.47 Å². The second-order valence-corrected chi connectivity index (χ2v) is 15.5. The zero-order valence-corrected chi connectivity index (χ0v) is 36.3. The normalized spacial score (nSPS) is 13.3. The molecule has 55 heavy (non-hydrogen) atoms. The molecule has 314 valence electrons. The number of aliphatic carboxylic acids is 1. The van der Waals surface area contributed by atoms with E-state index in [9.17, 15) is 9.90 Å². The molecular weight excluding hydrogens is 681 g/mol. The number of rotatable bonds is 38. The van der Waals surface area contributed by atoms with Crippen molar-refractivity contribution >= 4 is 5.97 Å². The van der Waals surface area contributed by atoms with E-state index in [0.717, 1.165) is 51.6 Å². The molecule has 6 heteroatoms. The van der Waals surface area contributed by atoms with Crippen molar-refractivity contribution < 1.29 is 19.4 Å². The first-order valence-electron chi connectivity index (χ1n) is 22.7. The van der Waals surface area contributed by atoms with E-state index in [2.05, 4.69) is 86.2 Å². The minimum absolute atomic E-state index is 0.413. The van der Waals surface area contributed by atoms with Crippen molar-refractivity contribution in [1.29, 1.82) is 0 Å². The van der Waals surface area contributed by atoms with Gasteiger partial charge in [0.2, 0.25) is 11.8 Å². The summed E-state index contributed by atoms with van der Waals surface area (Å²) in [5, 5.41) is 10.4. The molecule has 0 aliphatic carbocycles. The van der Waals surface area contributed by atoms with Crippen LogP contribution in [0.5, 0.6) is 11.8 Å². The van der Waals surface area contributed by atoms with Crippen LogP contribution in [0.25, 0.3) is 0 Å². The van der Waals surface area contributed by atoms with E-state index in [1.54, 1.807) is 6.92 Å². The minimum Gasteiger partial charge on any atom is -0.481 e. The first kappa shape index (κ1) is 50.2. The molecule has 0 aliphatic rings. The number of allylic oxidation sites excluding steroid dienone is 8. The van der Waals surface area contributed by atoms with Crippen LogP contribution in [0.1, 0.15) is 194 Å². The number of hydrogen-bond donors (Lipinski definition) is 1. The van der Waals surface area contributed by atoms with Crippen molar-refractivity contribution in [1.82, 2.24) is 9.88 Å². The lowest BCUT2D eigenvalue weighted by molar-refractivity contribution is -0.144. The zero-order chi connectivity index (χ0) is 40.1. The average Bonchev–Trinajstić information content (AvgIpc) is 3.19. The first-order valence-corrected chi connectivity index (χ1v) is 22.7. The molecule has 0 bridgehead atoms. The maximum atomic E-state index is 12.7. The number of likely N-dealkylation sites (N-methyl/N-ethyl adjacent to an activating group) is 1. The Balaban J connectivity index is 2.49. The van der Waals surface area contributed by atoms with Gasteiger partial charge in [-0.25, -0.2) is 0 Å².